The van der Waals surface area contributed by atoms with E-state index in [1.165, 1.54) is 19.2 Å². The van der Waals surface area contributed by atoms with Crippen molar-refractivity contribution in [3.05, 3.63) is 75.3 Å². The molecular formula is C23H27N3O5. The molecule has 1 amide bonds. The fourth-order valence-electron chi connectivity index (χ4n) is 3.85. The van der Waals surface area contributed by atoms with E-state index in [0.717, 1.165) is 37.6 Å². The van der Waals surface area contributed by atoms with Gasteiger partial charge in [0.25, 0.3) is 11.6 Å². The summed E-state index contributed by atoms with van der Waals surface area (Å²) in [7, 11) is 1.19. The van der Waals surface area contributed by atoms with Crippen molar-refractivity contribution in [3.63, 3.8) is 0 Å². The monoisotopic (exact) mass is 425 g/mol. The molecule has 1 N–H and O–H groups in total. The number of carbonyl (C=O) groups excluding carboxylic acids is 2. The van der Waals surface area contributed by atoms with Gasteiger partial charge in [0.2, 0.25) is 0 Å². The number of ether oxygens (including phenoxy) is 1. The number of carbonyl (C=O) groups is 2. The van der Waals surface area contributed by atoms with Gasteiger partial charge in [-0.15, -0.1) is 0 Å². The zero-order valence-electron chi connectivity index (χ0n) is 17.7. The Kier molecular flexibility index (Phi) is 7.36. The molecule has 0 bridgehead atoms. The normalized spacial score (nSPS) is 15.8. The van der Waals surface area contributed by atoms with Crippen LogP contribution in [0.15, 0.2) is 48.5 Å². The Balaban J connectivity index is 1.80. The standard InChI is InChI=1S/C23H27N3O5/c1-16-8-10-25(11-9-16)21(17-6-4-3-5-7-17)15-24-22(27)18-12-19(23(28)31-2)14-20(13-18)26(29)30/h3-7,12-14,16,21H,8-11,15H2,1-2H3,(H,24,27). The molecule has 8 heteroatoms. The number of benzene rings is 2. The van der Waals surface area contributed by atoms with Crippen molar-refractivity contribution in [2.45, 2.75) is 25.8 Å². The van der Waals surface area contributed by atoms with E-state index < -0.39 is 16.8 Å². The number of nitrogens with one attached hydrogen (secondary N) is 1. The van der Waals surface area contributed by atoms with Crippen LogP contribution in [-0.2, 0) is 4.74 Å². The molecule has 0 aromatic heterocycles. The summed E-state index contributed by atoms with van der Waals surface area (Å²) in [6.45, 7) is 4.49. The van der Waals surface area contributed by atoms with Crippen LogP contribution in [0.4, 0.5) is 5.69 Å². The molecule has 0 spiro atoms. The number of nitrogens with zero attached hydrogens (tertiary/aromatic N) is 2. The largest absolute Gasteiger partial charge is 0.465 e. The predicted octanol–water partition coefficient (Wildman–Crippen LogP) is 3.58. The van der Waals surface area contributed by atoms with Crippen LogP contribution in [0.3, 0.4) is 0 Å². The van der Waals surface area contributed by atoms with Crippen molar-refractivity contribution >= 4 is 17.6 Å². The summed E-state index contributed by atoms with van der Waals surface area (Å²) in [5, 5.41) is 14.1. The van der Waals surface area contributed by atoms with Gasteiger partial charge in [-0.3, -0.25) is 19.8 Å². The molecule has 1 heterocycles. The van der Waals surface area contributed by atoms with E-state index in [1.54, 1.807) is 0 Å². The molecular weight excluding hydrogens is 398 g/mol. The summed E-state index contributed by atoms with van der Waals surface area (Å²) in [5.74, 6) is -0.522. The summed E-state index contributed by atoms with van der Waals surface area (Å²) in [6, 6.07) is 13.6. The molecule has 164 valence electrons. The summed E-state index contributed by atoms with van der Waals surface area (Å²) in [4.78, 5) is 37.7. The second-order valence-corrected chi connectivity index (χ2v) is 7.87. The second kappa shape index (κ2) is 10.2. The van der Waals surface area contributed by atoms with E-state index in [0.29, 0.717) is 12.5 Å². The molecule has 1 atom stereocenters. The molecule has 0 radical (unpaired) electrons. The Morgan fingerprint density at radius 3 is 2.42 bits per heavy atom. The number of piperidine rings is 1. The summed E-state index contributed by atoms with van der Waals surface area (Å²) in [5.41, 5.74) is 0.782. The number of hydrogen-bond acceptors (Lipinski definition) is 6. The Labute approximate surface area is 181 Å². The highest BCUT2D eigenvalue weighted by Crippen LogP contribution is 2.26. The molecule has 3 rings (SSSR count). The lowest BCUT2D eigenvalue weighted by Crippen LogP contribution is -2.42. The van der Waals surface area contributed by atoms with Crippen molar-refractivity contribution in [1.29, 1.82) is 0 Å². The van der Waals surface area contributed by atoms with Gasteiger partial charge in [-0.05, 0) is 43.5 Å². The highest BCUT2D eigenvalue weighted by Gasteiger charge is 2.26. The minimum absolute atomic E-state index is 0.00331. The fourth-order valence-corrected chi connectivity index (χ4v) is 3.85. The molecule has 1 fully saturated rings. The van der Waals surface area contributed by atoms with E-state index in [2.05, 4.69) is 21.9 Å². The van der Waals surface area contributed by atoms with Gasteiger partial charge >= 0.3 is 5.97 Å². The first-order chi connectivity index (χ1) is 14.9. The van der Waals surface area contributed by atoms with Crippen molar-refractivity contribution < 1.29 is 19.2 Å². The van der Waals surface area contributed by atoms with Crippen LogP contribution < -0.4 is 5.32 Å². The predicted molar refractivity (Wildman–Crippen MR) is 116 cm³/mol. The highest BCUT2D eigenvalue weighted by molar-refractivity contribution is 5.99. The SMILES string of the molecule is COC(=O)c1cc(C(=O)NCC(c2ccccc2)N2CCC(C)CC2)cc([N+](=O)[O-])c1. The van der Waals surface area contributed by atoms with Crippen molar-refractivity contribution in [1.82, 2.24) is 10.2 Å². The summed E-state index contributed by atoms with van der Waals surface area (Å²) in [6.07, 6.45) is 2.20. The topological polar surface area (TPSA) is 102 Å². The minimum atomic E-state index is -0.734. The molecule has 31 heavy (non-hydrogen) atoms. The van der Waals surface area contributed by atoms with Gasteiger partial charge in [0.1, 0.15) is 0 Å². The maximum Gasteiger partial charge on any atom is 0.338 e. The Morgan fingerprint density at radius 1 is 1.16 bits per heavy atom. The van der Waals surface area contributed by atoms with E-state index in [-0.39, 0.29) is 22.9 Å². The number of nitro groups is 1. The van der Waals surface area contributed by atoms with Gasteiger partial charge in [0.15, 0.2) is 0 Å². The van der Waals surface area contributed by atoms with Gasteiger partial charge in [-0.25, -0.2) is 4.79 Å². The van der Waals surface area contributed by atoms with Crippen LogP contribution in [0.1, 0.15) is 52.1 Å². The Morgan fingerprint density at radius 2 is 1.81 bits per heavy atom. The fraction of sp³-hybridized carbons (Fsp3) is 0.391. The maximum atomic E-state index is 12.8. The molecule has 8 nitrogen and oxygen atoms in total. The first-order valence-electron chi connectivity index (χ1n) is 10.3. The van der Waals surface area contributed by atoms with Crippen molar-refractivity contribution in [2.24, 2.45) is 5.92 Å². The number of hydrogen-bond donors (Lipinski definition) is 1. The average Bonchev–Trinajstić information content (AvgIpc) is 2.80. The van der Waals surface area contributed by atoms with E-state index in [9.17, 15) is 19.7 Å². The number of nitro benzene ring substituents is 1. The zero-order chi connectivity index (χ0) is 22.4. The first kappa shape index (κ1) is 22.4. The third-order valence-electron chi connectivity index (χ3n) is 5.71. The van der Waals surface area contributed by atoms with Gasteiger partial charge in [0, 0.05) is 24.2 Å². The van der Waals surface area contributed by atoms with Crippen LogP contribution in [0, 0.1) is 16.0 Å². The summed E-state index contributed by atoms with van der Waals surface area (Å²) < 4.78 is 4.65. The summed E-state index contributed by atoms with van der Waals surface area (Å²) >= 11 is 0. The molecule has 2 aromatic carbocycles. The number of esters is 1. The number of amides is 1. The molecule has 1 aliphatic rings. The van der Waals surface area contributed by atoms with Crippen molar-refractivity contribution in [3.8, 4) is 0 Å². The highest BCUT2D eigenvalue weighted by atomic mass is 16.6. The van der Waals surface area contributed by atoms with Crippen LogP contribution >= 0.6 is 0 Å². The lowest BCUT2D eigenvalue weighted by atomic mass is 9.95. The lowest BCUT2D eigenvalue weighted by molar-refractivity contribution is -0.384. The molecule has 1 unspecified atom stereocenters. The third-order valence-corrected chi connectivity index (χ3v) is 5.71. The van der Waals surface area contributed by atoms with Crippen LogP contribution in [-0.4, -0.2) is 48.4 Å². The quantitative estimate of drug-likeness (QED) is 0.413. The zero-order valence-corrected chi connectivity index (χ0v) is 17.7. The maximum absolute atomic E-state index is 12.8. The number of methoxy groups -OCH3 is 1. The average molecular weight is 425 g/mol. The van der Waals surface area contributed by atoms with E-state index in [4.69, 9.17) is 0 Å². The van der Waals surface area contributed by atoms with Gasteiger partial charge in [0.05, 0.1) is 23.6 Å². The third kappa shape index (κ3) is 5.67. The Hall–Kier alpha value is -3.26. The Bertz CT molecular complexity index is 939. The van der Waals surface area contributed by atoms with Gasteiger partial charge < -0.3 is 10.1 Å². The second-order valence-electron chi connectivity index (χ2n) is 7.87. The van der Waals surface area contributed by atoms with Crippen LogP contribution in [0.25, 0.3) is 0 Å². The smallest absolute Gasteiger partial charge is 0.338 e. The van der Waals surface area contributed by atoms with E-state index >= 15 is 0 Å². The first-order valence-corrected chi connectivity index (χ1v) is 10.3. The van der Waals surface area contributed by atoms with Crippen LogP contribution in [0.5, 0.6) is 0 Å². The number of rotatable bonds is 7. The minimum Gasteiger partial charge on any atom is -0.465 e. The molecule has 1 aliphatic heterocycles. The van der Waals surface area contributed by atoms with E-state index in [1.807, 2.05) is 30.3 Å². The molecule has 0 saturated carbocycles. The van der Waals surface area contributed by atoms with Crippen molar-refractivity contribution in [2.75, 3.05) is 26.7 Å². The molecule has 0 aliphatic carbocycles. The van der Waals surface area contributed by atoms with Gasteiger partial charge in [-0.2, -0.15) is 0 Å². The van der Waals surface area contributed by atoms with Crippen LogP contribution in [0.2, 0.25) is 0 Å². The van der Waals surface area contributed by atoms with Gasteiger partial charge in [-0.1, -0.05) is 37.3 Å². The lowest BCUT2D eigenvalue weighted by Gasteiger charge is -2.37. The molecule has 2 aromatic rings. The molecule has 1 saturated heterocycles. The number of likely N-dealkylation sites (tertiary alicyclic amines) is 1. The number of non-ortho nitro benzene ring substituents is 1.